The van der Waals surface area contributed by atoms with Crippen LogP contribution in [0, 0.1) is 0 Å². The van der Waals surface area contributed by atoms with Crippen LogP contribution in [-0.2, 0) is 16.8 Å². The zero-order valence-electron chi connectivity index (χ0n) is 14.6. The van der Waals surface area contributed by atoms with Crippen molar-refractivity contribution in [1.82, 2.24) is 10.1 Å². The summed E-state index contributed by atoms with van der Waals surface area (Å²) in [4.78, 5) is 14.5. The normalized spacial score (nSPS) is 22.4. The third kappa shape index (κ3) is 2.91. The number of amides is 2. The summed E-state index contributed by atoms with van der Waals surface area (Å²) in [6, 6.07) is 9.99. The van der Waals surface area contributed by atoms with Gasteiger partial charge in [0.2, 0.25) is 0 Å². The van der Waals surface area contributed by atoms with E-state index in [0.717, 1.165) is 18.6 Å². The lowest BCUT2D eigenvalue weighted by Crippen LogP contribution is -2.52. The van der Waals surface area contributed by atoms with Crippen LogP contribution in [0.4, 0.5) is 10.6 Å². The SMILES string of the molecule is CC(C)c1cc(NC(=O)N2CCOC3(CCc4ccccc43)C2)no1. The van der Waals surface area contributed by atoms with Crippen LogP contribution in [0.3, 0.4) is 0 Å². The number of fused-ring (bicyclic) bond motifs is 2. The number of nitrogens with one attached hydrogen (secondary N) is 1. The molecule has 0 bridgehead atoms. The summed E-state index contributed by atoms with van der Waals surface area (Å²) >= 11 is 0. The van der Waals surface area contributed by atoms with Gasteiger partial charge in [-0.25, -0.2) is 4.79 Å². The number of benzene rings is 1. The Hall–Kier alpha value is -2.34. The van der Waals surface area contributed by atoms with Crippen molar-refractivity contribution < 1.29 is 14.1 Å². The topological polar surface area (TPSA) is 67.6 Å². The predicted molar refractivity (Wildman–Crippen MR) is 93.6 cm³/mol. The molecule has 1 unspecified atom stereocenters. The molecule has 1 aromatic carbocycles. The Bertz CT molecular complexity index is 782. The number of anilines is 1. The standard InChI is InChI=1S/C19H23N3O3/c1-13(2)16-11-17(21-25-16)20-18(23)22-9-10-24-19(12-22)8-7-14-5-3-4-6-15(14)19/h3-6,11,13H,7-10,12H2,1-2H3,(H,20,21,23). The maximum Gasteiger partial charge on any atom is 0.323 e. The largest absolute Gasteiger partial charge is 0.367 e. The fourth-order valence-electron chi connectivity index (χ4n) is 3.73. The van der Waals surface area contributed by atoms with Gasteiger partial charge in [-0.15, -0.1) is 0 Å². The summed E-state index contributed by atoms with van der Waals surface area (Å²) < 4.78 is 11.4. The second-order valence-electron chi connectivity index (χ2n) is 7.12. The highest BCUT2D eigenvalue weighted by atomic mass is 16.5. The quantitative estimate of drug-likeness (QED) is 0.908. The monoisotopic (exact) mass is 341 g/mol. The highest BCUT2D eigenvalue weighted by Crippen LogP contribution is 2.42. The van der Waals surface area contributed by atoms with Crippen molar-refractivity contribution in [3.05, 3.63) is 47.2 Å². The second kappa shape index (κ2) is 6.19. The Morgan fingerprint density at radius 2 is 2.20 bits per heavy atom. The third-order valence-corrected chi connectivity index (χ3v) is 5.11. The maximum absolute atomic E-state index is 12.7. The molecule has 1 aliphatic carbocycles. The van der Waals surface area contributed by atoms with Crippen LogP contribution in [0.1, 0.15) is 43.1 Å². The van der Waals surface area contributed by atoms with Crippen molar-refractivity contribution in [2.45, 2.75) is 38.2 Å². The first-order chi connectivity index (χ1) is 12.1. The smallest absolute Gasteiger partial charge is 0.323 e. The van der Waals surface area contributed by atoms with Gasteiger partial charge in [-0.05, 0) is 24.0 Å². The van der Waals surface area contributed by atoms with Gasteiger partial charge >= 0.3 is 6.03 Å². The van der Waals surface area contributed by atoms with Gasteiger partial charge in [0.15, 0.2) is 5.82 Å². The van der Waals surface area contributed by atoms with Gasteiger partial charge < -0.3 is 14.2 Å². The highest BCUT2D eigenvalue weighted by Gasteiger charge is 2.44. The van der Waals surface area contributed by atoms with Crippen molar-refractivity contribution in [2.24, 2.45) is 0 Å². The average molecular weight is 341 g/mol. The van der Waals surface area contributed by atoms with Gasteiger partial charge in [0.05, 0.1) is 13.2 Å². The highest BCUT2D eigenvalue weighted by molar-refractivity contribution is 5.88. The fourth-order valence-corrected chi connectivity index (χ4v) is 3.73. The molecular weight excluding hydrogens is 318 g/mol. The number of hydrogen-bond acceptors (Lipinski definition) is 4. The van der Waals surface area contributed by atoms with Crippen molar-refractivity contribution in [2.75, 3.05) is 25.0 Å². The molecule has 1 spiro atoms. The Balaban J connectivity index is 1.49. The molecule has 1 atom stereocenters. The van der Waals surface area contributed by atoms with E-state index in [1.807, 2.05) is 24.8 Å². The summed E-state index contributed by atoms with van der Waals surface area (Å²) in [5.74, 6) is 1.46. The molecule has 2 heterocycles. The van der Waals surface area contributed by atoms with Crippen molar-refractivity contribution in [1.29, 1.82) is 0 Å². The lowest BCUT2D eigenvalue weighted by Gasteiger charge is -2.41. The first kappa shape index (κ1) is 16.1. The minimum atomic E-state index is -0.376. The number of carbonyl (C=O) groups excluding carboxylic acids is 1. The molecule has 1 N–H and O–H groups in total. The van der Waals surface area contributed by atoms with E-state index in [1.54, 1.807) is 6.07 Å². The van der Waals surface area contributed by atoms with Gasteiger partial charge in [-0.2, -0.15) is 0 Å². The van der Waals surface area contributed by atoms with Gasteiger partial charge in [-0.3, -0.25) is 5.32 Å². The number of aryl methyl sites for hydroxylation is 1. The van der Waals surface area contributed by atoms with Crippen LogP contribution < -0.4 is 5.32 Å². The molecule has 25 heavy (non-hydrogen) atoms. The van der Waals surface area contributed by atoms with Crippen LogP contribution in [0.15, 0.2) is 34.9 Å². The first-order valence-electron chi connectivity index (χ1n) is 8.82. The Morgan fingerprint density at radius 1 is 1.36 bits per heavy atom. The molecule has 0 saturated carbocycles. The lowest BCUT2D eigenvalue weighted by molar-refractivity contribution is -0.100. The van der Waals surface area contributed by atoms with E-state index in [-0.39, 0.29) is 17.6 Å². The molecule has 1 saturated heterocycles. The van der Waals surface area contributed by atoms with Crippen LogP contribution in [0.25, 0.3) is 0 Å². The number of morpholine rings is 1. The van der Waals surface area contributed by atoms with E-state index >= 15 is 0 Å². The van der Waals surface area contributed by atoms with Crippen molar-refractivity contribution in [3.63, 3.8) is 0 Å². The molecule has 0 radical (unpaired) electrons. The molecule has 1 fully saturated rings. The third-order valence-electron chi connectivity index (χ3n) is 5.11. The van der Waals surface area contributed by atoms with Crippen LogP contribution in [0.5, 0.6) is 0 Å². The molecule has 2 aliphatic rings. The van der Waals surface area contributed by atoms with E-state index in [0.29, 0.717) is 25.5 Å². The van der Waals surface area contributed by atoms with E-state index in [4.69, 9.17) is 9.26 Å². The van der Waals surface area contributed by atoms with E-state index in [9.17, 15) is 4.79 Å². The average Bonchev–Trinajstić information content (AvgIpc) is 3.22. The van der Waals surface area contributed by atoms with E-state index in [2.05, 4.69) is 28.7 Å². The lowest BCUT2D eigenvalue weighted by atomic mass is 9.94. The van der Waals surface area contributed by atoms with E-state index < -0.39 is 0 Å². The number of aromatic nitrogens is 1. The van der Waals surface area contributed by atoms with Gasteiger partial charge in [0, 0.05) is 18.5 Å². The molecule has 2 amide bonds. The number of urea groups is 1. The fraction of sp³-hybridized carbons (Fsp3) is 0.474. The summed E-state index contributed by atoms with van der Waals surface area (Å²) in [5.41, 5.74) is 2.16. The molecular formula is C19H23N3O3. The summed E-state index contributed by atoms with van der Waals surface area (Å²) in [6.07, 6.45) is 1.91. The molecule has 6 heteroatoms. The van der Waals surface area contributed by atoms with Crippen molar-refractivity contribution >= 4 is 11.8 Å². The predicted octanol–water partition coefficient (Wildman–Crippen LogP) is 3.50. The second-order valence-corrected chi connectivity index (χ2v) is 7.12. The molecule has 1 aromatic heterocycles. The van der Waals surface area contributed by atoms with Gasteiger partial charge in [0.25, 0.3) is 0 Å². The molecule has 2 aromatic rings. The van der Waals surface area contributed by atoms with Crippen LogP contribution in [-0.4, -0.2) is 35.8 Å². The van der Waals surface area contributed by atoms with E-state index in [1.165, 1.54) is 11.1 Å². The first-order valence-corrected chi connectivity index (χ1v) is 8.82. The Labute approximate surface area is 147 Å². The minimum Gasteiger partial charge on any atom is -0.367 e. The maximum atomic E-state index is 12.7. The minimum absolute atomic E-state index is 0.157. The van der Waals surface area contributed by atoms with Crippen LogP contribution in [0.2, 0.25) is 0 Å². The molecule has 6 nitrogen and oxygen atoms in total. The number of hydrogen-bond donors (Lipinski definition) is 1. The zero-order chi connectivity index (χ0) is 17.4. The van der Waals surface area contributed by atoms with Gasteiger partial charge in [0.1, 0.15) is 11.4 Å². The molecule has 1 aliphatic heterocycles. The Kier molecular flexibility index (Phi) is 4.00. The molecule has 132 valence electrons. The summed E-state index contributed by atoms with van der Waals surface area (Å²) in [6.45, 7) is 5.72. The van der Waals surface area contributed by atoms with Gasteiger partial charge in [-0.1, -0.05) is 43.3 Å². The summed E-state index contributed by atoms with van der Waals surface area (Å²) in [7, 11) is 0. The number of rotatable bonds is 2. The Morgan fingerprint density at radius 3 is 3.00 bits per heavy atom. The number of ether oxygens (including phenoxy) is 1. The molecule has 4 rings (SSSR count). The number of nitrogens with zero attached hydrogens (tertiary/aromatic N) is 2. The zero-order valence-corrected chi connectivity index (χ0v) is 14.6. The summed E-state index contributed by atoms with van der Waals surface area (Å²) in [5, 5.41) is 6.78. The van der Waals surface area contributed by atoms with Crippen LogP contribution >= 0.6 is 0 Å². The van der Waals surface area contributed by atoms with Crippen molar-refractivity contribution in [3.8, 4) is 0 Å². The number of carbonyl (C=O) groups is 1.